The third-order valence-corrected chi connectivity index (χ3v) is 2.92. The summed E-state index contributed by atoms with van der Waals surface area (Å²) in [7, 11) is 0. The van der Waals surface area contributed by atoms with Crippen LogP contribution < -0.4 is 4.74 Å². The van der Waals surface area contributed by atoms with Gasteiger partial charge in [0.1, 0.15) is 11.6 Å². The predicted octanol–water partition coefficient (Wildman–Crippen LogP) is 4.02. The van der Waals surface area contributed by atoms with E-state index in [1.54, 1.807) is 0 Å². The Balaban J connectivity index is 2.48. The molecule has 0 aliphatic rings. The van der Waals surface area contributed by atoms with Crippen molar-refractivity contribution < 1.29 is 27.8 Å². The monoisotopic (exact) mass is 328 g/mol. The first-order valence-electron chi connectivity index (χ1n) is 5.97. The molecule has 0 radical (unpaired) electrons. The van der Waals surface area contributed by atoms with Crippen molar-refractivity contribution in [3.63, 3.8) is 0 Å². The molecule has 0 aromatic heterocycles. The highest BCUT2D eigenvalue weighted by atomic mass is 19.2. The van der Waals surface area contributed by atoms with Gasteiger partial charge in [-0.15, -0.1) is 0 Å². The Labute approximate surface area is 126 Å². The van der Waals surface area contributed by atoms with Crippen molar-refractivity contribution in [2.24, 2.45) is 0 Å². The third-order valence-electron chi connectivity index (χ3n) is 2.92. The van der Waals surface area contributed by atoms with Gasteiger partial charge in [-0.3, -0.25) is 20.2 Å². The summed E-state index contributed by atoms with van der Waals surface area (Å²) in [5.41, 5.74) is -2.26. The third kappa shape index (κ3) is 3.05. The molecule has 0 spiro atoms. The van der Waals surface area contributed by atoms with Crippen molar-refractivity contribution in [1.29, 1.82) is 0 Å². The van der Waals surface area contributed by atoms with E-state index in [1.165, 1.54) is 0 Å². The average molecular weight is 328 g/mol. The van der Waals surface area contributed by atoms with Gasteiger partial charge in [-0.1, -0.05) is 0 Å². The fourth-order valence-corrected chi connectivity index (χ4v) is 1.73. The Hall–Kier alpha value is -3.17. The Bertz CT molecular complexity index is 826. The van der Waals surface area contributed by atoms with E-state index in [0.29, 0.717) is 12.1 Å². The molecule has 0 atom stereocenters. The highest BCUT2D eigenvalue weighted by Gasteiger charge is 2.25. The molecule has 0 bridgehead atoms. The second-order valence-corrected chi connectivity index (χ2v) is 4.38. The first-order chi connectivity index (χ1) is 10.7. The van der Waals surface area contributed by atoms with Crippen molar-refractivity contribution in [3.8, 4) is 11.5 Å². The largest absolute Gasteiger partial charge is 0.454 e. The second kappa shape index (κ2) is 5.91. The van der Waals surface area contributed by atoms with Crippen LogP contribution in [0.2, 0.25) is 0 Å². The second-order valence-electron chi connectivity index (χ2n) is 4.38. The van der Waals surface area contributed by atoms with E-state index < -0.39 is 50.0 Å². The van der Waals surface area contributed by atoms with Gasteiger partial charge in [0.05, 0.1) is 15.9 Å². The molecule has 2 rings (SSSR count). The number of rotatable bonds is 4. The van der Waals surface area contributed by atoms with Gasteiger partial charge >= 0.3 is 11.4 Å². The average Bonchev–Trinajstić information content (AvgIpc) is 2.50. The van der Waals surface area contributed by atoms with Crippen LogP contribution in [0.5, 0.6) is 11.5 Å². The van der Waals surface area contributed by atoms with Crippen LogP contribution >= 0.6 is 0 Å². The zero-order valence-electron chi connectivity index (χ0n) is 11.4. The number of hydrogen-bond acceptors (Lipinski definition) is 5. The number of nitro groups is 2. The van der Waals surface area contributed by atoms with Crippen LogP contribution in [0.15, 0.2) is 24.3 Å². The predicted molar refractivity (Wildman–Crippen MR) is 70.9 cm³/mol. The van der Waals surface area contributed by atoms with E-state index >= 15 is 0 Å². The number of nitro benzene ring substituents is 2. The normalized spacial score (nSPS) is 10.4. The van der Waals surface area contributed by atoms with E-state index in [4.69, 9.17) is 4.74 Å². The summed E-state index contributed by atoms with van der Waals surface area (Å²) < 4.78 is 45.4. The Morgan fingerprint density at radius 1 is 0.957 bits per heavy atom. The highest BCUT2D eigenvalue weighted by Crippen LogP contribution is 2.34. The quantitative estimate of drug-likeness (QED) is 0.480. The minimum Gasteiger partial charge on any atom is -0.454 e. The number of hydrogen-bond donors (Lipinski definition) is 0. The summed E-state index contributed by atoms with van der Waals surface area (Å²) in [4.78, 5) is 19.5. The van der Waals surface area contributed by atoms with E-state index in [2.05, 4.69) is 0 Å². The van der Waals surface area contributed by atoms with Crippen molar-refractivity contribution >= 4 is 11.4 Å². The number of ether oxygens (including phenoxy) is 1. The number of halogens is 3. The maximum absolute atomic E-state index is 13.7. The van der Waals surface area contributed by atoms with E-state index in [1.807, 2.05) is 0 Å². The summed E-state index contributed by atoms with van der Waals surface area (Å²) in [6, 6.07) is 2.95. The van der Waals surface area contributed by atoms with Crippen LogP contribution in [0.3, 0.4) is 0 Å². The zero-order chi connectivity index (χ0) is 17.3. The topological polar surface area (TPSA) is 95.5 Å². The van der Waals surface area contributed by atoms with Gasteiger partial charge in [0.25, 0.3) is 0 Å². The minimum atomic E-state index is -1.48. The lowest BCUT2D eigenvalue weighted by Gasteiger charge is -2.09. The maximum atomic E-state index is 13.7. The molecule has 0 fully saturated rings. The summed E-state index contributed by atoms with van der Waals surface area (Å²) in [6.45, 7) is 1.02. The van der Waals surface area contributed by atoms with Gasteiger partial charge in [-0.2, -0.15) is 4.39 Å². The van der Waals surface area contributed by atoms with Gasteiger partial charge in [-0.05, 0) is 13.0 Å². The Morgan fingerprint density at radius 2 is 1.57 bits per heavy atom. The lowest BCUT2D eigenvalue weighted by Crippen LogP contribution is -2.00. The summed E-state index contributed by atoms with van der Waals surface area (Å²) in [5, 5.41) is 21.5. The van der Waals surface area contributed by atoms with Crippen molar-refractivity contribution in [2.45, 2.75) is 6.92 Å². The minimum absolute atomic E-state index is 0.385. The molecule has 0 unspecified atom stereocenters. The fraction of sp³-hybridized carbons (Fsp3) is 0.0769. The molecule has 0 aliphatic heterocycles. The van der Waals surface area contributed by atoms with Crippen molar-refractivity contribution in [2.75, 3.05) is 0 Å². The van der Waals surface area contributed by atoms with Crippen LogP contribution in [0.4, 0.5) is 24.5 Å². The van der Waals surface area contributed by atoms with Gasteiger partial charge in [-0.25, -0.2) is 8.78 Å². The summed E-state index contributed by atoms with van der Waals surface area (Å²) in [6.07, 6.45) is 0. The fourth-order valence-electron chi connectivity index (χ4n) is 1.73. The van der Waals surface area contributed by atoms with Crippen LogP contribution in [0, 0.1) is 44.6 Å². The van der Waals surface area contributed by atoms with Gasteiger partial charge in [0, 0.05) is 17.7 Å². The van der Waals surface area contributed by atoms with E-state index in [9.17, 15) is 33.4 Å². The molecule has 0 heterocycles. The number of benzene rings is 2. The lowest BCUT2D eigenvalue weighted by atomic mass is 10.2. The van der Waals surface area contributed by atoms with Crippen molar-refractivity contribution in [1.82, 2.24) is 0 Å². The molecule has 7 nitrogen and oxygen atoms in total. The molecular weight excluding hydrogens is 321 g/mol. The number of nitrogens with zero attached hydrogens (tertiary/aromatic N) is 2. The van der Waals surface area contributed by atoms with Crippen LogP contribution in [-0.4, -0.2) is 9.85 Å². The Morgan fingerprint density at radius 3 is 2.13 bits per heavy atom. The van der Waals surface area contributed by atoms with E-state index in [0.717, 1.165) is 19.1 Å². The molecule has 0 aliphatic carbocycles. The summed E-state index contributed by atoms with van der Waals surface area (Å²) >= 11 is 0. The maximum Gasteiger partial charge on any atom is 0.349 e. The van der Waals surface area contributed by atoms with Crippen LogP contribution in [0.25, 0.3) is 0 Å². The molecule has 2 aromatic carbocycles. The molecule has 0 N–H and O–H groups in total. The first-order valence-corrected chi connectivity index (χ1v) is 5.97. The standard InChI is InChI=1S/C13H7F3N2O5/c1-6-8(14)5-11(13(16)12(6)15)23-7-2-3-9(17(19)20)10(4-7)18(21)22/h2-5H,1H3. The highest BCUT2D eigenvalue weighted by molar-refractivity contribution is 5.56. The molecule has 0 saturated heterocycles. The van der Waals surface area contributed by atoms with Crippen molar-refractivity contribution in [3.05, 3.63) is 67.5 Å². The van der Waals surface area contributed by atoms with Gasteiger partial charge in [0.15, 0.2) is 11.6 Å². The Kier molecular flexibility index (Phi) is 4.16. The molecule has 0 amide bonds. The molecule has 2 aromatic rings. The molecule has 120 valence electrons. The molecule has 0 saturated carbocycles. The first kappa shape index (κ1) is 16.2. The molecule has 23 heavy (non-hydrogen) atoms. The van der Waals surface area contributed by atoms with Crippen LogP contribution in [-0.2, 0) is 0 Å². The molecule has 10 heteroatoms. The van der Waals surface area contributed by atoms with Crippen LogP contribution in [0.1, 0.15) is 5.56 Å². The zero-order valence-corrected chi connectivity index (χ0v) is 11.4. The smallest absolute Gasteiger partial charge is 0.349 e. The molecular formula is C13H7F3N2O5. The lowest BCUT2D eigenvalue weighted by molar-refractivity contribution is -0.422. The van der Waals surface area contributed by atoms with E-state index in [-0.39, 0.29) is 5.75 Å². The summed E-state index contributed by atoms with van der Waals surface area (Å²) in [5.74, 6) is -5.24. The van der Waals surface area contributed by atoms with Gasteiger partial charge < -0.3 is 4.74 Å². The SMILES string of the molecule is Cc1c(F)cc(Oc2ccc([N+](=O)[O-])c([N+](=O)[O-])c2)c(F)c1F. The van der Waals surface area contributed by atoms with Gasteiger partial charge in [0.2, 0.25) is 5.82 Å².